The molecule has 0 bridgehead atoms. The van der Waals surface area contributed by atoms with Gasteiger partial charge in [0.2, 0.25) is 11.8 Å². The van der Waals surface area contributed by atoms with Crippen LogP contribution in [0.25, 0.3) is 0 Å². The van der Waals surface area contributed by atoms with E-state index in [0.717, 1.165) is 5.56 Å². The van der Waals surface area contributed by atoms with Gasteiger partial charge in [-0.05, 0) is 38.1 Å². The van der Waals surface area contributed by atoms with Crippen molar-refractivity contribution >= 4 is 36.0 Å². The Labute approximate surface area is 157 Å². The monoisotopic (exact) mass is 387 g/mol. The van der Waals surface area contributed by atoms with Crippen molar-refractivity contribution in [2.75, 3.05) is 19.3 Å². The summed E-state index contributed by atoms with van der Waals surface area (Å²) in [5.41, 5.74) is 0.888. The highest BCUT2D eigenvalue weighted by Gasteiger charge is 2.56. The summed E-state index contributed by atoms with van der Waals surface area (Å²) < 4.78 is 13.2. The van der Waals surface area contributed by atoms with Gasteiger partial charge in [0.15, 0.2) is 0 Å². The molecule has 2 saturated heterocycles. The number of halogens is 2. The average molecular weight is 388 g/mol. The minimum Gasteiger partial charge on any atom is -0.353 e. The molecule has 2 heterocycles. The fourth-order valence-corrected chi connectivity index (χ4v) is 4.97. The van der Waals surface area contributed by atoms with Gasteiger partial charge in [-0.15, -0.1) is 24.2 Å². The second-order valence-electron chi connectivity index (χ2n) is 6.32. The molecule has 2 aliphatic heterocycles. The molecule has 3 unspecified atom stereocenters. The molecule has 5 nitrogen and oxygen atoms in total. The molecule has 25 heavy (non-hydrogen) atoms. The Morgan fingerprint density at radius 3 is 2.76 bits per heavy atom. The lowest BCUT2D eigenvalue weighted by Gasteiger charge is -2.34. The highest BCUT2D eigenvalue weighted by molar-refractivity contribution is 8.00. The van der Waals surface area contributed by atoms with Crippen molar-refractivity contribution in [1.29, 1.82) is 0 Å². The first-order valence-electron chi connectivity index (χ1n) is 8.15. The normalized spacial score (nSPS) is 26.1. The first kappa shape index (κ1) is 20.0. The van der Waals surface area contributed by atoms with Crippen molar-refractivity contribution in [1.82, 2.24) is 15.5 Å². The van der Waals surface area contributed by atoms with Crippen LogP contribution < -0.4 is 10.6 Å². The molecule has 0 spiro atoms. The van der Waals surface area contributed by atoms with Gasteiger partial charge in [-0.3, -0.25) is 9.59 Å². The van der Waals surface area contributed by atoms with Crippen LogP contribution in [0.2, 0.25) is 0 Å². The third-order valence-corrected chi connectivity index (χ3v) is 6.40. The van der Waals surface area contributed by atoms with Crippen molar-refractivity contribution in [3.05, 3.63) is 35.6 Å². The third-order valence-electron chi connectivity index (χ3n) is 4.80. The van der Waals surface area contributed by atoms with Crippen molar-refractivity contribution in [3.8, 4) is 0 Å². The molecule has 8 heteroatoms. The van der Waals surface area contributed by atoms with Crippen LogP contribution in [-0.4, -0.2) is 48.1 Å². The quantitative estimate of drug-likeness (QED) is 0.809. The molecule has 1 aromatic rings. The van der Waals surface area contributed by atoms with E-state index >= 15 is 0 Å². The van der Waals surface area contributed by atoms with Gasteiger partial charge in [0.25, 0.3) is 0 Å². The van der Waals surface area contributed by atoms with Gasteiger partial charge >= 0.3 is 0 Å². The number of amides is 2. The maximum Gasteiger partial charge on any atom is 0.243 e. The zero-order valence-electron chi connectivity index (χ0n) is 14.3. The smallest absolute Gasteiger partial charge is 0.243 e. The summed E-state index contributed by atoms with van der Waals surface area (Å²) in [7, 11) is 1.84. The number of fused-ring (bicyclic) bond motifs is 1. The average Bonchev–Trinajstić information content (AvgIpc) is 3.12. The zero-order chi connectivity index (χ0) is 17.3. The van der Waals surface area contributed by atoms with E-state index < -0.39 is 10.9 Å². The minimum absolute atomic E-state index is 0. The Morgan fingerprint density at radius 1 is 1.44 bits per heavy atom. The molecule has 2 fully saturated rings. The number of likely N-dealkylation sites (N-methyl/N-ethyl adjacent to an activating group) is 1. The molecule has 138 valence electrons. The Kier molecular flexibility index (Phi) is 6.35. The number of benzene rings is 1. The lowest BCUT2D eigenvalue weighted by Crippen LogP contribution is -2.51. The number of rotatable bonds is 5. The van der Waals surface area contributed by atoms with E-state index in [1.807, 2.05) is 14.0 Å². The molecule has 3 atom stereocenters. The van der Waals surface area contributed by atoms with Gasteiger partial charge in [-0.25, -0.2) is 4.39 Å². The molecule has 2 N–H and O–H groups in total. The van der Waals surface area contributed by atoms with E-state index in [-0.39, 0.29) is 36.1 Å². The molecule has 3 rings (SSSR count). The molecule has 0 aromatic heterocycles. The lowest BCUT2D eigenvalue weighted by molar-refractivity contribution is -0.138. The predicted molar refractivity (Wildman–Crippen MR) is 99.2 cm³/mol. The Bertz CT molecular complexity index is 645. The number of carbonyl (C=O) groups excluding carboxylic acids is 2. The van der Waals surface area contributed by atoms with Gasteiger partial charge in [0.1, 0.15) is 16.7 Å². The SMILES string of the molecule is CNC(C)CNC(=O)C1CSC2(c3ccc(F)cc3)CCC(=O)N12.Cl. The number of nitrogens with zero attached hydrogens (tertiary/aromatic N) is 1. The molecule has 0 saturated carbocycles. The largest absolute Gasteiger partial charge is 0.353 e. The summed E-state index contributed by atoms with van der Waals surface area (Å²) >= 11 is 1.61. The Morgan fingerprint density at radius 2 is 2.12 bits per heavy atom. The van der Waals surface area contributed by atoms with E-state index in [1.54, 1.807) is 28.8 Å². The fourth-order valence-electron chi connectivity index (χ4n) is 3.32. The fraction of sp³-hybridized carbons (Fsp3) is 0.529. The van der Waals surface area contributed by atoms with Gasteiger partial charge in [-0.1, -0.05) is 12.1 Å². The number of nitrogens with one attached hydrogen (secondary N) is 2. The van der Waals surface area contributed by atoms with E-state index in [0.29, 0.717) is 25.1 Å². The highest BCUT2D eigenvalue weighted by Crippen LogP contribution is 2.54. The molecule has 2 aliphatic rings. The highest BCUT2D eigenvalue weighted by atomic mass is 35.5. The molecule has 1 aromatic carbocycles. The lowest BCUT2D eigenvalue weighted by atomic mass is 10.0. The summed E-state index contributed by atoms with van der Waals surface area (Å²) in [5.74, 6) is 0.127. The summed E-state index contributed by atoms with van der Waals surface area (Å²) in [4.78, 5) is 26.2. The molecular weight excluding hydrogens is 365 g/mol. The summed E-state index contributed by atoms with van der Waals surface area (Å²) in [6.45, 7) is 2.50. The topological polar surface area (TPSA) is 61.4 Å². The van der Waals surface area contributed by atoms with Crippen LogP contribution in [-0.2, 0) is 14.5 Å². The van der Waals surface area contributed by atoms with Crippen LogP contribution in [0.4, 0.5) is 4.39 Å². The van der Waals surface area contributed by atoms with Crippen molar-refractivity contribution in [2.45, 2.75) is 36.7 Å². The van der Waals surface area contributed by atoms with E-state index in [9.17, 15) is 14.0 Å². The molecule has 0 aliphatic carbocycles. The van der Waals surface area contributed by atoms with Crippen LogP contribution >= 0.6 is 24.2 Å². The maximum absolute atomic E-state index is 13.2. The maximum atomic E-state index is 13.2. The number of carbonyl (C=O) groups is 2. The third kappa shape index (κ3) is 3.64. The van der Waals surface area contributed by atoms with Crippen LogP contribution in [0.3, 0.4) is 0 Å². The van der Waals surface area contributed by atoms with Crippen LogP contribution in [0.15, 0.2) is 24.3 Å². The van der Waals surface area contributed by atoms with E-state index in [1.165, 1.54) is 12.1 Å². The molecular formula is C17H23ClFN3O2S. The van der Waals surface area contributed by atoms with Gasteiger partial charge in [0, 0.05) is 24.8 Å². The van der Waals surface area contributed by atoms with Gasteiger partial charge in [0.05, 0.1) is 0 Å². The Hall–Kier alpha value is -1.31. The number of hydrogen-bond donors (Lipinski definition) is 2. The molecule has 0 radical (unpaired) electrons. The number of hydrogen-bond acceptors (Lipinski definition) is 4. The van der Waals surface area contributed by atoms with Gasteiger partial charge < -0.3 is 15.5 Å². The second kappa shape index (κ2) is 7.93. The van der Waals surface area contributed by atoms with E-state index in [2.05, 4.69) is 10.6 Å². The predicted octanol–water partition coefficient (Wildman–Crippen LogP) is 1.86. The van der Waals surface area contributed by atoms with Crippen LogP contribution in [0.5, 0.6) is 0 Å². The Balaban J connectivity index is 0.00000225. The first-order valence-corrected chi connectivity index (χ1v) is 9.13. The van der Waals surface area contributed by atoms with Crippen molar-refractivity contribution < 1.29 is 14.0 Å². The van der Waals surface area contributed by atoms with E-state index in [4.69, 9.17) is 0 Å². The van der Waals surface area contributed by atoms with Crippen molar-refractivity contribution in [2.24, 2.45) is 0 Å². The summed E-state index contributed by atoms with van der Waals surface area (Å²) in [5, 5.41) is 5.99. The first-order chi connectivity index (χ1) is 11.5. The summed E-state index contributed by atoms with van der Waals surface area (Å²) in [6, 6.07) is 5.95. The van der Waals surface area contributed by atoms with Crippen LogP contribution in [0, 0.1) is 5.82 Å². The number of thioether (sulfide) groups is 1. The zero-order valence-corrected chi connectivity index (χ0v) is 15.9. The second-order valence-corrected chi connectivity index (χ2v) is 7.61. The van der Waals surface area contributed by atoms with Crippen molar-refractivity contribution in [3.63, 3.8) is 0 Å². The van der Waals surface area contributed by atoms with Gasteiger partial charge in [-0.2, -0.15) is 0 Å². The molecule has 2 amide bonds. The van der Waals surface area contributed by atoms with Crippen LogP contribution in [0.1, 0.15) is 25.3 Å². The minimum atomic E-state index is -0.540. The standard InChI is InChI=1S/C17H22FN3O2S.ClH/c1-11(19-2)9-20-16(23)14-10-24-17(8-7-15(22)21(14)17)12-3-5-13(18)6-4-12;/h3-6,11,14,19H,7-10H2,1-2H3,(H,20,23);1H. The summed E-state index contributed by atoms with van der Waals surface area (Å²) in [6.07, 6.45) is 1.07.